The smallest absolute Gasteiger partial charge is 0.252 e. The van der Waals surface area contributed by atoms with E-state index in [4.69, 9.17) is 21.1 Å². The Kier molecular flexibility index (Phi) is 4.32. The summed E-state index contributed by atoms with van der Waals surface area (Å²) in [5.41, 5.74) is 1.68. The van der Waals surface area contributed by atoms with Gasteiger partial charge in [0.15, 0.2) is 6.10 Å². The van der Waals surface area contributed by atoms with E-state index in [0.29, 0.717) is 17.4 Å². The molecule has 0 aliphatic carbocycles. The number of hydrogen-bond donors (Lipinski definition) is 1. The van der Waals surface area contributed by atoms with Crippen LogP contribution < -0.4 is 10.1 Å². The second-order valence-corrected chi connectivity index (χ2v) is 5.43. The van der Waals surface area contributed by atoms with E-state index in [9.17, 15) is 4.79 Å². The number of benzene rings is 2. The molecule has 0 spiro atoms. The average molecular weight is 318 g/mol. The second kappa shape index (κ2) is 6.38. The Labute approximate surface area is 134 Å². The normalized spacial score (nSPS) is 17.6. The van der Waals surface area contributed by atoms with Crippen molar-refractivity contribution in [3.63, 3.8) is 0 Å². The van der Waals surface area contributed by atoms with Crippen LogP contribution in [0, 0.1) is 0 Å². The third-order valence-corrected chi connectivity index (χ3v) is 3.92. The quantitative estimate of drug-likeness (QED) is 0.863. The zero-order valence-corrected chi connectivity index (χ0v) is 12.8. The highest BCUT2D eigenvalue weighted by Crippen LogP contribution is 2.33. The molecule has 1 aliphatic heterocycles. The fourth-order valence-corrected chi connectivity index (χ4v) is 2.62. The van der Waals surface area contributed by atoms with Gasteiger partial charge in [0.25, 0.3) is 5.91 Å². The minimum absolute atomic E-state index is 0.143. The number of rotatable bonds is 5. The Morgan fingerprint density at radius 2 is 1.86 bits per heavy atom. The topological polar surface area (TPSA) is 50.9 Å². The van der Waals surface area contributed by atoms with Gasteiger partial charge in [0, 0.05) is 10.6 Å². The second-order valence-electron chi connectivity index (χ2n) is 5.03. The van der Waals surface area contributed by atoms with Crippen molar-refractivity contribution in [1.82, 2.24) is 5.32 Å². The third kappa shape index (κ3) is 3.08. The fourth-order valence-electron chi connectivity index (χ4n) is 2.37. The first-order chi connectivity index (χ1) is 10.7. The van der Waals surface area contributed by atoms with Gasteiger partial charge in [-0.3, -0.25) is 4.79 Å². The zero-order chi connectivity index (χ0) is 15.5. The highest BCUT2D eigenvalue weighted by molar-refractivity contribution is 6.31. The lowest BCUT2D eigenvalue weighted by molar-refractivity contribution is -0.122. The number of hydrogen-bond acceptors (Lipinski definition) is 3. The van der Waals surface area contributed by atoms with Crippen LogP contribution in [0.25, 0.3) is 0 Å². The number of nitrogens with one attached hydrogen (secondary N) is 1. The SMILES string of the molecule is COc1ccccc1C(NC(=O)C1CO1)c1ccccc1Cl. The van der Waals surface area contributed by atoms with Crippen LogP contribution in [-0.2, 0) is 9.53 Å². The largest absolute Gasteiger partial charge is 0.496 e. The summed E-state index contributed by atoms with van der Waals surface area (Å²) in [5, 5.41) is 3.59. The van der Waals surface area contributed by atoms with Gasteiger partial charge in [-0.25, -0.2) is 0 Å². The molecule has 2 aromatic carbocycles. The van der Waals surface area contributed by atoms with Gasteiger partial charge in [-0.1, -0.05) is 48.0 Å². The predicted octanol–water partition coefficient (Wildman–Crippen LogP) is 2.95. The number of carbonyl (C=O) groups excluding carboxylic acids is 1. The van der Waals surface area contributed by atoms with Gasteiger partial charge >= 0.3 is 0 Å². The van der Waals surface area contributed by atoms with Crippen molar-refractivity contribution in [1.29, 1.82) is 0 Å². The summed E-state index contributed by atoms with van der Waals surface area (Å²) in [6.07, 6.45) is -0.361. The summed E-state index contributed by atoms with van der Waals surface area (Å²) in [6.45, 7) is 0.465. The standard InChI is InChI=1S/C17H16ClNO3/c1-21-14-9-5-3-7-12(14)16(19-17(20)15-10-22-15)11-6-2-4-8-13(11)18/h2-9,15-16H,10H2,1H3,(H,19,20). The average Bonchev–Trinajstić information content (AvgIpc) is 3.38. The van der Waals surface area contributed by atoms with Crippen LogP contribution in [-0.4, -0.2) is 25.7 Å². The fraction of sp³-hybridized carbons (Fsp3) is 0.235. The Balaban J connectivity index is 2.02. The molecule has 0 saturated carbocycles. The maximum absolute atomic E-state index is 12.2. The molecule has 2 aromatic rings. The van der Waals surface area contributed by atoms with Crippen LogP contribution in [0.4, 0.5) is 0 Å². The van der Waals surface area contributed by atoms with Gasteiger partial charge in [0.05, 0.1) is 19.8 Å². The molecule has 0 bridgehead atoms. The summed E-state index contributed by atoms with van der Waals surface area (Å²) >= 11 is 6.32. The van der Waals surface area contributed by atoms with Crippen molar-refractivity contribution in [2.45, 2.75) is 12.1 Å². The van der Waals surface area contributed by atoms with Crippen molar-refractivity contribution < 1.29 is 14.3 Å². The highest BCUT2D eigenvalue weighted by Gasteiger charge is 2.34. The Morgan fingerprint density at radius 1 is 1.23 bits per heavy atom. The van der Waals surface area contributed by atoms with Crippen molar-refractivity contribution in [3.05, 3.63) is 64.7 Å². The summed E-state index contributed by atoms with van der Waals surface area (Å²) in [4.78, 5) is 12.2. The molecule has 1 fully saturated rings. The van der Waals surface area contributed by atoms with Gasteiger partial charge in [-0.2, -0.15) is 0 Å². The van der Waals surface area contributed by atoms with Crippen LogP contribution in [0.2, 0.25) is 5.02 Å². The molecule has 2 unspecified atom stereocenters. The van der Waals surface area contributed by atoms with Gasteiger partial charge in [0.2, 0.25) is 0 Å². The molecule has 2 atom stereocenters. The first kappa shape index (κ1) is 14.9. The van der Waals surface area contributed by atoms with E-state index in [-0.39, 0.29) is 18.1 Å². The van der Waals surface area contributed by atoms with Crippen molar-refractivity contribution in [2.75, 3.05) is 13.7 Å². The lowest BCUT2D eigenvalue weighted by atomic mass is 9.97. The molecule has 1 aliphatic rings. The number of epoxide rings is 1. The molecule has 1 N–H and O–H groups in total. The molecule has 22 heavy (non-hydrogen) atoms. The molecule has 1 amide bonds. The monoisotopic (exact) mass is 317 g/mol. The lowest BCUT2D eigenvalue weighted by Gasteiger charge is -2.22. The maximum Gasteiger partial charge on any atom is 0.252 e. The van der Waals surface area contributed by atoms with Crippen LogP contribution in [0.5, 0.6) is 5.75 Å². The van der Waals surface area contributed by atoms with E-state index in [2.05, 4.69) is 5.32 Å². The van der Waals surface area contributed by atoms with Crippen molar-refractivity contribution in [3.8, 4) is 5.75 Å². The number of methoxy groups -OCH3 is 1. The molecule has 5 heteroatoms. The zero-order valence-electron chi connectivity index (χ0n) is 12.1. The van der Waals surface area contributed by atoms with Crippen molar-refractivity contribution in [2.24, 2.45) is 0 Å². The van der Waals surface area contributed by atoms with Crippen LogP contribution in [0.15, 0.2) is 48.5 Å². The van der Waals surface area contributed by atoms with Crippen LogP contribution >= 0.6 is 11.6 Å². The molecular formula is C17H16ClNO3. The van der Waals surface area contributed by atoms with Crippen LogP contribution in [0.3, 0.4) is 0 Å². The van der Waals surface area contributed by atoms with Gasteiger partial charge in [0.1, 0.15) is 5.75 Å². The molecule has 0 radical (unpaired) electrons. The summed E-state index contributed by atoms with van der Waals surface area (Å²) in [7, 11) is 1.61. The number of amides is 1. The first-order valence-corrected chi connectivity index (χ1v) is 7.38. The van der Waals surface area contributed by atoms with E-state index in [1.165, 1.54) is 0 Å². The molecule has 114 valence electrons. The molecule has 1 heterocycles. The number of ether oxygens (including phenoxy) is 2. The van der Waals surface area contributed by atoms with E-state index in [0.717, 1.165) is 11.1 Å². The highest BCUT2D eigenvalue weighted by atomic mass is 35.5. The summed E-state index contributed by atoms with van der Waals surface area (Å²) < 4.78 is 10.5. The molecule has 3 rings (SSSR count). The maximum atomic E-state index is 12.2. The van der Waals surface area contributed by atoms with Crippen molar-refractivity contribution >= 4 is 17.5 Å². The van der Waals surface area contributed by atoms with Gasteiger partial charge < -0.3 is 14.8 Å². The number of carbonyl (C=O) groups is 1. The minimum atomic E-state index is -0.387. The summed E-state index contributed by atoms with van der Waals surface area (Å²) in [5.74, 6) is 0.556. The number of halogens is 1. The van der Waals surface area contributed by atoms with E-state index < -0.39 is 0 Å². The Morgan fingerprint density at radius 3 is 2.50 bits per heavy atom. The predicted molar refractivity (Wildman–Crippen MR) is 84.2 cm³/mol. The van der Waals surface area contributed by atoms with E-state index in [1.807, 2.05) is 42.5 Å². The van der Waals surface area contributed by atoms with E-state index >= 15 is 0 Å². The Bertz CT molecular complexity index is 685. The molecule has 1 saturated heterocycles. The summed E-state index contributed by atoms with van der Waals surface area (Å²) in [6, 6.07) is 14.6. The Hall–Kier alpha value is -2.04. The molecular weight excluding hydrogens is 302 g/mol. The van der Waals surface area contributed by atoms with Gasteiger partial charge in [-0.15, -0.1) is 0 Å². The van der Waals surface area contributed by atoms with Crippen LogP contribution in [0.1, 0.15) is 17.2 Å². The third-order valence-electron chi connectivity index (χ3n) is 3.58. The number of para-hydroxylation sites is 1. The molecule has 4 nitrogen and oxygen atoms in total. The first-order valence-electron chi connectivity index (χ1n) is 7.00. The van der Waals surface area contributed by atoms with E-state index in [1.54, 1.807) is 13.2 Å². The van der Waals surface area contributed by atoms with Gasteiger partial charge in [-0.05, 0) is 17.7 Å². The minimum Gasteiger partial charge on any atom is -0.496 e. The molecule has 0 aromatic heterocycles. The lowest BCUT2D eigenvalue weighted by Crippen LogP contribution is -2.33.